The highest BCUT2D eigenvalue weighted by Crippen LogP contribution is 2.29. The molecule has 0 radical (unpaired) electrons. The van der Waals surface area contributed by atoms with Crippen LogP contribution in [0, 0.1) is 0 Å². The maximum atomic E-state index is 10.5. The Bertz CT molecular complexity index is 478. The van der Waals surface area contributed by atoms with Gasteiger partial charge in [-0.15, -0.1) is 0 Å². The fraction of sp³-hybridized carbons (Fsp3) is 0. The summed E-state index contributed by atoms with van der Waals surface area (Å²) in [6.45, 7) is 0. The molecule has 0 unspecified atom stereocenters. The number of fused-ring (bicyclic) bond motifs is 1. The van der Waals surface area contributed by atoms with Gasteiger partial charge in [-0.2, -0.15) is 5.10 Å². The highest BCUT2D eigenvalue weighted by atomic mass is 79.9. The minimum Gasteiger partial charge on any atom is -0.507 e. The van der Waals surface area contributed by atoms with Gasteiger partial charge in [0, 0.05) is 4.47 Å². The van der Waals surface area contributed by atoms with Crippen LogP contribution in [0.3, 0.4) is 0 Å². The summed E-state index contributed by atoms with van der Waals surface area (Å²) in [5.41, 5.74) is 0.856. The first-order chi connectivity index (χ1) is 6.22. The summed E-state index contributed by atoms with van der Waals surface area (Å²) in [6, 6.07) is 3.24. The Kier molecular flexibility index (Phi) is 1.81. The number of aromatic amines is 1. The average Bonchev–Trinajstić information content (AvgIpc) is 2.47. The van der Waals surface area contributed by atoms with Gasteiger partial charge < -0.3 is 5.11 Å². The number of aromatic hydroxyl groups is 1. The van der Waals surface area contributed by atoms with Crippen LogP contribution in [0.2, 0.25) is 0 Å². The molecular formula is C8H5BrN2O2. The van der Waals surface area contributed by atoms with Gasteiger partial charge in [0.25, 0.3) is 0 Å². The first kappa shape index (κ1) is 8.25. The summed E-state index contributed by atoms with van der Waals surface area (Å²) >= 11 is 3.21. The van der Waals surface area contributed by atoms with Crippen molar-refractivity contribution in [3.63, 3.8) is 0 Å². The molecule has 0 atom stereocenters. The summed E-state index contributed by atoms with van der Waals surface area (Å²) in [5.74, 6) is 0.0419. The maximum absolute atomic E-state index is 10.5. The standard InChI is InChI=1S/C8H5BrN2O2/c9-4-1-5-8(7(13)2-4)6(3-12)11-10-5/h1-3,13H,(H,10,11). The molecule has 0 bridgehead atoms. The van der Waals surface area contributed by atoms with Gasteiger partial charge >= 0.3 is 0 Å². The van der Waals surface area contributed by atoms with Crippen LogP contribution in [0.15, 0.2) is 16.6 Å². The molecule has 4 nitrogen and oxygen atoms in total. The molecule has 5 heteroatoms. The molecule has 0 aliphatic carbocycles. The second-order valence-corrected chi connectivity index (χ2v) is 3.49. The lowest BCUT2D eigenvalue weighted by molar-refractivity contribution is 0.112. The van der Waals surface area contributed by atoms with E-state index in [2.05, 4.69) is 26.1 Å². The number of hydrogen-bond donors (Lipinski definition) is 2. The molecule has 0 fully saturated rings. The van der Waals surface area contributed by atoms with E-state index in [9.17, 15) is 9.90 Å². The molecule has 2 N–H and O–H groups in total. The van der Waals surface area contributed by atoms with Crippen LogP contribution in [-0.2, 0) is 0 Å². The Morgan fingerprint density at radius 3 is 3.00 bits per heavy atom. The van der Waals surface area contributed by atoms with Gasteiger partial charge in [0.15, 0.2) is 6.29 Å². The van der Waals surface area contributed by atoms with Gasteiger partial charge in [-0.05, 0) is 12.1 Å². The third-order valence-electron chi connectivity index (χ3n) is 1.75. The molecular weight excluding hydrogens is 236 g/mol. The van der Waals surface area contributed by atoms with Crippen molar-refractivity contribution in [1.82, 2.24) is 10.2 Å². The van der Waals surface area contributed by atoms with Crippen molar-refractivity contribution in [2.75, 3.05) is 0 Å². The van der Waals surface area contributed by atoms with Gasteiger partial charge in [-0.1, -0.05) is 15.9 Å². The fourth-order valence-electron chi connectivity index (χ4n) is 1.20. The fourth-order valence-corrected chi connectivity index (χ4v) is 1.64. The maximum Gasteiger partial charge on any atom is 0.168 e. The number of hydrogen-bond acceptors (Lipinski definition) is 3. The van der Waals surface area contributed by atoms with E-state index in [4.69, 9.17) is 0 Å². The number of H-pyrrole nitrogens is 1. The lowest BCUT2D eigenvalue weighted by Crippen LogP contribution is -1.79. The van der Waals surface area contributed by atoms with Crippen molar-refractivity contribution in [3.8, 4) is 5.75 Å². The second kappa shape index (κ2) is 2.85. The third-order valence-corrected chi connectivity index (χ3v) is 2.20. The third kappa shape index (κ3) is 1.21. The zero-order valence-corrected chi connectivity index (χ0v) is 8.00. The van der Waals surface area contributed by atoms with Crippen LogP contribution in [0.25, 0.3) is 10.9 Å². The quantitative estimate of drug-likeness (QED) is 0.748. The number of phenols is 1. The molecule has 2 rings (SSSR count). The molecule has 1 aromatic carbocycles. The van der Waals surface area contributed by atoms with E-state index in [0.717, 1.165) is 4.47 Å². The van der Waals surface area contributed by atoms with E-state index in [1.54, 1.807) is 6.07 Å². The van der Waals surface area contributed by atoms with Crippen LogP contribution in [0.5, 0.6) is 5.75 Å². The van der Waals surface area contributed by atoms with Gasteiger partial charge in [0.05, 0.1) is 10.9 Å². The molecule has 0 aliphatic rings. The van der Waals surface area contributed by atoms with E-state index >= 15 is 0 Å². The molecule has 13 heavy (non-hydrogen) atoms. The molecule has 1 aromatic heterocycles. The van der Waals surface area contributed by atoms with Crippen molar-refractivity contribution >= 4 is 33.1 Å². The minimum atomic E-state index is 0.0419. The number of benzene rings is 1. The average molecular weight is 241 g/mol. The number of nitrogens with zero attached hydrogens (tertiary/aromatic N) is 1. The number of aldehydes is 1. The van der Waals surface area contributed by atoms with Crippen molar-refractivity contribution in [2.24, 2.45) is 0 Å². The van der Waals surface area contributed by atoms with E-state index < -0.39 is 0 Å². The Hall–Kier alpha value is -1.36. The molecule has 0 aliphatic heterocycles. The largest absolute Gasteiger partial charge is 0.507 e. The van der Waals surface area contributed by atoms with Crippen molar-refractivity contribution in [1.29, 1.82) is 0 Å². The van der Waals surface area contributed by atoms with Crippen LogP contribution in [0.1, 0.15) is 10.5 Å². The molecule has 2 aromatic rings. The van der Waals surface area contributed by atoms with E-state index in [0.29, 0.717) is 22.9 Å². The van der Waals surface area contributed by atoms with Crippen molar-refractivity contribution in [2.45, 2.75) is 0 Å². The number of nitrogens with one attached hydrogen (secondary N) is 1. The summed E-state index contributed by atoms with van der Waals surface area (Å²) in [4.78, 5) is 10.5. The Labute approximate surface area is 81.7 Å². The van der Waals surface area contributed by atoms with Crippen molar-refractivity contribution in [3.05, 3.63) is 22.3 Å². The Balaban J connectivity index is 2.89. The summed E-state index contributed by atoms with van der Waals surface area (Å²) in [5, 5.41) is 16.4. The predicted octanol–water partition coefficient (Wildman–Crippen LogP) is 1.84. The van der Waals surface area contributed by atoms with Gasteiger partial charge in [-0.25, -0.2) is 0 Å². The molecule has 0 saturated carbocycles. The number of halogens is 1. The SMILES string of the molecule is O=Cc1[nH]nc2cc(Br)cc(O)c12. The van der Waals surface area contributed by atoms with Crippen LogP contribution >= 0.6 is 15.9 Å². The number of aromatic nitrogens is 2. The van der Waals surface area contributed by atoms with Crippen LogP contribution in [0.4, 0.5) is 0 Å². The van der Waals surface area contributed by atoms with Gasteiger partial charge in [-0.3, -0.25) is 9.89 Å². The summed E-state index contributed by atoms with van der Waals surface area (Å²) in [7, 11) is 0. The molecule has 0 saturated heterocycles. The number of carbonyl (C=O) groups is 1. The van der Waals surface area contributed by atoms with E-state index in [-0.39, 0.29) is 5.75 Å². The monoisotopic (exact) mass is 240 g/mol. The number of carbonyl (C=O) groups excluding carboxylic acids is 1. The molecule has 0 spiro atoms. The van der Waals surface area contributed by atoms with E-state index in [1.165, 1.54) is 6.07 Å². The van der Waals surface area contributed by atoms with Crippen LogP contribution < -0.4 is 0 Å². The van der Waals surface area contributed by atoms with Gasteiger partial charge in [0.2, 0.25) is 0 Å². The zero-order valence-electron chi connectivity index (χ0n) is 6.41. The Morgan fingerprint density at radius 1 is 1.54 bits per heavy atom. The highest BCUT2D eigenvalue weighted by Gasteiger charge is 2.09. The first-order valence-corrected chi connectivity index (χ1v) is 4.33. The predicted molar refractivity (Wildman–Crippen MR) is 50.8 cm³/mol. The molecule has 1 heterocycles. The zero-order chi connectivity index (χ0) is 9.42. The Morgan fingerprint density at radius 2 is 2.31 bits per heavy atom. The van der Waals surface area contributed by atoms with E-state index in [1.807, 2.05) is 0 Å². The second-order valence-electron chi connectivity index (χ2n) is 2.57. The lowest BCUT2D eigenvalue weighted by atomic mass is 10.2. The minimum absolute atomic E-state index is 0.0419. The highest BCUT2D eigenvalue weighted by molar-refractivity contribution is 9.10. The number of phenolic OH excluding ortho intramolecular Hbond substituents is 1. The molecule has 66 valence electrons. The molecule has 0 amide bonds. The first-order valence-electron chi connectivity index (χ1n) is 3.54. The smallest absolute Gasteiger partial charge is 0.168 e. The number of rotatable bonds is 1. The summed E-state index contributed by atoms with van der Waals surface area (Å²) in [6.07, 6.45) is 0.628. The van der Waals surface area contributed by atoms with Gasteiger partial charge in [0.1, 0.15) is 11.4 Å². The lowest BCUT2D eigenvalue weighted by Gasteiger charge is -1.95. The van der Waals surface area contributed by atoms with Crippen LogP contribution in [-0.4, -0.2) is 21.6 Å². The normalized spacial score (nSPS) is 10.5. The summed E-state index contributed by atoms with van der Waals surface area (Å²) < 4.78 is 0.724. The van der Waals surface area contributed by atoms with Crippen molar-refractivity contribution < 1.29 is 9.90 Å². The topological polar surface area (TPSA) is 66.0 Å².